The van der Waals surface area contributed by atoms with Crippen molar-refractivity contribution < 1.29 is 0 Å². The first-order chi connectivity index (χ1) is 15.9. The standard InChI is InChI=1S/C30H27OS2/c1-19(2)22-9-15-28-26(17-22)30(31)27-18-25(14-16-29(27)32-28)33(23-10-5-20(3)6-11-23)24-12-7-21(4)8-13-24/h5-19H,1-4H3/q+1. The molecule has 0 saturated heterocycles. The van der Waals surface area contributed by atoms with Crippen molar-refractivity contribution in [3.8, 4) is 0 Å². The fraction of sp³-hybridized carbons (Fsp3) is 0.167. The highest BCUT2D eigenvalue weighted by molar-refractivity contribution is 7.97. The minimum atomic E-state index is -0.275. The van der Waals surface area contributed by atoms with Gasteiger partial charge in [-0.25, -0.2) is 0 Å². The van der Waals surface area contributed by atoms with Gasteiger partial charge in [-0.05, 0) is 73.9 Å². The molecule has 0 fully saturated rings. The molecule has 0 bridgehead atoms. The molecule has 0 atom stereocenters. The van der Waals surface area contributed by atoms with E-state index in [2.05, 4.69) is 113 Å². The van der Waals surface area contributed by atoms with E-state index in [0.29, 0.717) is 5.92 Å². The van der Waals surface area contributed by atoms with Gasteiger partial charge < -0.3 is 0 Å². The summed E-state index contributed by atoms with van der Waals surface area (Å²) in [6.45, 7) is 8.57. The molecular formula is C30H27OS2+. The van der Waals surface area contributed by atoms with Crippen molar-refractivity contribution in [3.63, 3.8) is 0 Å². The van der Waals surface area contributed by atoms with Gasteiger partial charge in [-0.1, -0.05) is 55.3 Å². The van der Waals surface area contributed by atoms with E-state index in [1.807, 2.05) is 0 Å². The largest absolute Gasteiger partial charge is 0.288 e. The van der Waals surface area contributed by atoms with Crippen LogP contribution in [-0.4, -0.2) is 0 Å². The molecule has 0 N–H and O–H groups in total. The second kappa shape index (κ2) is 8.81. The molecule has 0 unspecified atom stereocenters. The van der Waals surface area contributed by atoms with E-state index in [1.54, 1.807) is 11.3 Å². The van der Waals surface area contributed by atoms with Gasteiger partial charge in [-0.3, -0.25) is 4.79 Å². The summed E-state index contributed by atoms with van der Waals surface area (Å²) in [5, 5.41) is 1.66. The Morgan fingerprint density at radius 2 is 1.12 bits per heavy atom. The third-order valence-corrected chi connectivity index (χ3v) is 9.44. The second-order valence-electron chi connectivity index (χ2n) is 8.93. The Hall–Kier alpha value is -2.88. The fourth-order valence-corrected chi connectivity index (χ4v) is 7.20. The first-order valence-electron chi connectivity index (χ1n) is 11.3. The zero-order chi connectivity index (χ0) is 23.1. The van der Waals surface area contributed by atoms with Crippen LogP contribution in [0.2, 0.25) is 0 Å². The summed E-state index contributed by atoms with van der Waals surface area (Å²) >= 11 is 1.70. The molecule has 1 heterocycles. The molecule has 0 radical (unpaired) electrons. The lowest BCUT2D eigenvalue weighted by Crippen LogP contribution is -2.07. The van der Waals surface area contributed by atoms with Crippen LogP contribution in [0.5, 0.6) is 0 Å². The lowest BCUT2D eigenvalue weighted by molar-refractivity contribution is 0.869. The molecule has 5 aromatic rings. The van der Waals surface area contributed by atoms with Crippen molar-refractivity contribution in [2.75, 3.05) is 0 Å². The molecule has 5 rings (SSSR count). The average molecular weight is 468 g/mol. The lowest BCUT2D eigenvalue weighted by atomic mass is 10.0. The van der Waals surface area contributed by atoms with E-state index >= 15 is 0 Å². The summed E-state index contributed by atoms with van der Waals surface area (Å²) in [6, 6.07) is 30.4. The summed E-state index contributed by atoms with van der Waals surface area (Å²) < 4.78 is 2.10. The zero-order valence-electron chi connectivity index (χ0n) is 19.4. The van der Waals surface area contributed by atoms with E-state index in [-0.39, 0.29) is 16.3 Å². The predicted octanol–water partition coefficient (Wildman–Crippen LogP) is 8.25. The zero-order valence-corrected chi connectivity index (χ0v) is 21.0. The van der Waals surface area contributed by atoms with Gasteiger partial charge in [0.2, 0.25) is 0 Å². The van der Waals surface area contributed by atoms with Crippen LogP contribution < -0.4 is 5.43 Å². The molecule has 0 aliphatic rings. The summed E-state index contributed by atoms with van der Waals surface area (Å²) in [5.41, 5.74) is 3.85. The maximum Gasteiger partial charge on any atom is 0.196 e. The quantitative estimate of drug-likeness (QED) is 0.192. The van der Waals surface area contributed by atoms with Crippen LogP contribution in [0.4, 0.5) is 0 Å². The minimum Gasteiger partial charge on any atom is -0.288 e. The highest BCUT2D eigenvalue weighted by atomic mass is 32.2. The first-order valence-corrected chi connectivity index (χ1v) is 13.3. The molecule has 0 aliphatic carbocycles. The Morgan fingerprint density at radius 3 is 1.67 bits per heavy atom. The van der Waals surface area contributed by atoms with Crippen molar-refractivity contribution >= 4 is 42.4 Å². The lowest BCUT2D eigenvalue weighted by Gasteiger charge is -2.10. The molecule has 1 nitrogen and oxygen atoms in total. The molecule has 0 amide bonds. The number of hydrogen-bond acceptors (Lipinski definition) is 2. The van der Waals surface area contributed by atoms with Crippen molar-refractivity contribution in [2.45, 2.75) is 48.3 Å². The molecule has 0 aliphatic heterocycles. The van der Waals surface area contributed by atoms with E-state index in [9.17, 15) is 4.79 Å². The van der Waals surface area contributed by atoms with E-state index in [1.165, 1.54) is 31.4 Å². The van der Waals surface area contributed by atoms with Crippen LogP contribution in [0.15, 0.2) is 104 Å². The molecule has 164 valence electrons. The highest BCUT2D eigenvalue weighted by Gasteiger charge is 2.29. The highest BCUT2D eigenvalue weighted by Crippen LogP contribution is 2.35. The number of aryl methyl sites for hydroxylation is 2. The molecular weight excluding hydrogens is 440 g/mol. The summed E-state index contributed by atoms with van der Waals surface area (Å²) in [5.74, 6) is 0.398. The van der Waals surface area contributed by atoms with Gasteiger partial charge in [0.15, 0.2) is 20.1 Å². The van der Waals surface area contributed by atoms with Gasteiger partial charge in [0.05, 0.1) is 10.9 Å². The van der Waals surface area contributed by atoms with Crippen molar-refractivity contribution in [3.05, 3.63) is 112 Å². The van der Waals surface area contributed by atoms with Gasteiger partial charge in [-0.15, -0.1) is 11.3 Å². The monoisotopic (exact) mass is 467 g/mol. The molecule has 4 aromatic carbocycles. The Labute approximate surface area is 202 Å². The van der Waals surface area contributed by atoms with Gasteiger partial charge >= 0.3 is 0 Å². The summed E-state index contributed by atoms with van der Waals surface area (Å²) in [4.78, 5) is 17.3. The number of fused-ring (bicyclic) bond motifs is 2. The van der Waals surface area contributed by atoms with Crippen LogP contribution in [0.25, 0.3) is 20.2 Å². The molecule has 1 aromatic heterocycles. The van der Waals surface area contributed by atoms with Crippen LogP contribution in [0.1, 0.15) is 36.5 Å². The van der Waals surface area contributed by atoms with Gasteiger partial charge in [0, 0.05) is 26.2 Å². The normalized spacial score (nSPS) is 11.7. The van der Waals surface area contributed by atoms with Crippen molar-refractivity contribution in [2.24, 2.45) is 0 Å². The maximum absolute atomic E-state index is 13.6. The van der Waals surface area contributed by atoms with Crippen LogP contribution in [-0.2, 0) is 10.9 Å². The van der Waals surface area contributed by atoms with E-state index < -0.39 is 0 Å². The van der Waals surface area contributed by atoms with Gasteiger partial charge in [0.1, 0.15) is 0 Å². The maximum atomic E-state index is 13.6. The third kappa shape index (κ3) is 4.23. The van der Waals surface area contributed by atoms with Crippen molar-refractivity contribution in [1.82, 2.24) is 0 Å². The summed E-state index contributed by atoms with van der Waals surface area (Å²) in [6.07, 6.45) is 0. The van der Waals surface area contributed by atoms with Gasteiger partial charge in [0.25, 0.3) is 0 Å². The molecule has 3 heteroatoms. The predicted molar refractivity (Wildman–Crippen MR) is 144 cm³/mol. The third-order valence-electron chi connectivity index (χ3n) is 6.08. The topological polar surface area (TPSA) is 17.1 Å². The SMILES string of the molecule is Cc1ccc([S+](c2ccc(C)cc2)c2ccc3sc4ccc(C(C)C)cc4c(=O)c3c2)cc1. The summed E-state index contributed by atoms with van der Waals surface area (Å²) in [7, 11) is -0.275. The Kier molecular flexibility index (Phi) is 5.86. The molecule has 0 saturated carbocycles. The van der Waals surface area contributed by atoms with Crippen LogP contribution in [0, 0.1) is 13.8 Å². The molecule has 33 heavy (non-hydrogen) atoms. The molecule has 0 spiro atoms. The number of benzene rings is 4. The first kappa shape index (κ1) is 21.9. The van der Waals surface area contributed by atoms with Crippen molar-refractivity contribution in [1.29, 1.82) is 0 Å². The Bertz CT molecular complexity index is 1460. The Balaban J connectivity index is 1.73. The Morgan fingerprint density at radius 1 is 0.636 bits per heavy atom. The fourth-order valence-electron chi connectivity index (χ4n) is 4.10. The van der Waals surface area contributed by atoms with Gasteiger partial charge in [-0.2, -0.15) is 0 Å². The number of rotatable bonds is 4. The minimum absolute atomic E-state index is 0.138. The average Bonchev–Trinajstić information content (AvgIpc) is 2.82. The van der Waals surface area contributed by atoms with E-state index in [4.69, 9.17) is 0 Å². The van der Waals surface area contributed by atoms with E-state index in [0.717, 1.165) is 20.2 Å². The van der Waals surface area contributed by atoms with Crippen LogP contribution in [0.3, 0.4) is 0 Å². The smallest absolute Gasteiger partial charge is 0.196 e. The number of hydrogen-bond donors (Lipinski definition) is 0. The van der Waals surface area contributed by atoms with Crippen LogP contribution >= 0.6 is 11.3 Å². The second-order valence-corrected chi connectivity index (χ2v) is 12.0.